The smallest absolute Gasteiger partial charge is 0.369 e. The fourth-order valence-electron chi connectivity index (χ4n) is 3.37. The Labute approximate surface area is 177 Å². The molecule has 0 unspecified atom stereocenters. The van der Waals surface area contributed by atoms with Crippen LogP contribution in [0.15, 0.2) is 71.4 Å². The average Bonchev–Trinajstić information content (AvgIpc) is 2.73. The number of hydrogen-bond donors (Lipinski definition) is 0. The normalized spacial score (nSPS) is 17.3. The average molecular weight is 418 g/mol. The molecule has 1 aromatic rings. The van der Waals surface area contributed by atoms with E-state index in [1.54, 1.807) is 7.05 Å². The van der Waals surface area contributed by atoms with Crippen LogP contribution in [0.25, 0.3) is 5.57 Å². The lowest BCUT2D eigenvalue weighted by atomic mass is 9.99. The summed E-state index contributed by atoms with van der Waals surface area (Å²) in [5, 5.41) is 0. The molecule has 6 heteroatoms. The van der Waals surface area contributed by atoms with E-state index < -0.39 is 11.7 Å². The summed E-state index contributed by atoms with van der Waals surface area (Å²) in [5.74, 6) is 0. The fourth-order valence-corrected chi connectivity index (χ4v) is 3.37. The van der Waals surface area contributed by atoms with Crippen molar-refractivity contribution in [1.82, 2.24) is 9.80 Å². The van der Waals surface area contributed by atoms with Gasteiger partial charge in [-0.25, -0.2) is 0 Å². The van der Waals surface area contributed by atoms with E-state index in [1.807, 2.05) is 38.3 Å². The molecule has 1 aliphatic rings. The molecule has 1 aliphatic heterocycles. The minimum Gasteiger partial charge on any atom is -0.369 e. The number of hydrogen-bond acceptors (Lipinski definition) is 3. The molecule has 0 spiro atoms. The van der Waals surface area contributed by atoms with Crippen molar-refractivity contribution in [2.45, 2.75) is 20.0 Å². The van der Waals surface area contributed by atoms with Crippen LogP contribution in [0.1, 0.15) is 25.0 Å². The molecule has 0 radical (unpaired) electrons. The van der Waals surface area contributed by atoms with Gasteiger partial charge in [-0.3, -0.25) is 9.89 Å². The fraction of sp³-hybridized carbons (Fsp3) is 0.375. The molecule has 0 saturated carbocycles. The first-order valence-electron chi connectivity index (χ1n) is 10.0. The highest BCUT2D eigenvalue weighted by Crippen LogP contribution is 2.32. The molecule has 30 heavy (non-hydrogen) atoms. The number of allylic oxidation sites excluding steroid dienone is 5. The third-order valence-corrected chi connectivity index (χ3v) is 5.12. The van der Waals surface area contributed by atoms with Crippen molar-refractivity contribution in [1.29, 1.82) is 0 Å². The molecule has 0 atom stereocenters. The zero-order valence-electron chi connectivity index (χ0n) is 17.9. The van der Waals surface area contributed by atoms with E-state index in [-0.39, 0.29) is 0 Å². The lowest BCUT2D eigenvalue weighted by molar-refractivity contribution is -0.137. The van der Waals surface area contributed by atoms with E-state index in [1.165, 1.54) is 17.7 Å². The maximum atomic E-state index is 12.9. The van der Waals surface area contributed by atoms with Crippen molar-refractivity contribution in [3.05, 3.63) is 77.5 Å². The zero-order chi connectivity index (χ0) is 22.1. The van der Waals surface area contributed by atoms with Gasteiger partial charge in [0, 0.05) is 57.3 Å². The van der Waals surface area contributed by atoms with E-state index in [0.29, 0.717) is 0 Å². The minimum absolute atomic E-state index is 0.647. The number of benzene rings is 1. The summed E-state index contributed by atoms with van der Waals surface area (Å²) >= 11 is 0. The summed E-state index contributed by atoms with van der Waals surface area (Å²) in [6.07, 6.45) is 5.30. The molecule has 2 rings (SSSR count). The molecule has 0 N–H and O–H groups in total. The van der Waals surface area contributed by atoms with Crippen molar-refractivity contribution in [2.24, 2.45) is 4.99 Å². The second kappa shape index (κ2) is 11.0. The SMILES string of the molecule is C=C(/C(=C\C=C/C)c1ccc(C(F)(F)F)cc1)N1CCN(C/C(C=NC)=C/C)CC1. The number of piperazine rings is 1. The van der Waals surface area contributed by atoms with Gasteiger partial charge in [-0.15, -0.1) is 0 Å². The summed E-state index contributed by atoms with van der Waals surface area (Å²) in [7, 11) is 1.77. The van der Waals surface area contributed by atoms with E-state index in [2.05, 4.69) is 27.4 Å². The Hall–Kier alpha value is -2.60. The first-order valence-corrected chi connectivity index (χ1v) is 10.0. The first-order chi connectivity index (χ1) is 14.3. The second-order valence-electron chi connectivity index (χ2n) is 7.14. The van der Waals surface area contributed by atoms with Gasteiger partial charge in [-0.05, 0) is 37.1 Å². The Morgan fingerprint density at radius 2 is 1.73 bits per heavy atom. The predicted octanol–water partition coefficient (Wildman–Crippen LogP) is 5.44. The van der Waals surface area contributed by atoms with Gasteiger partial charge < -0.3 is 4.90 Å². The summed E-state index contributed by atoms with van der Waals surface area (Å²) in [5.41, 5.74) is 2.93. The van der Waals surface area contributed by atoms with Gasteiger partial charge in [-0.1, -0.05) is 43.0 Å². The van der Waals surface area contributed by atoms with Gasteiger partial charge in [-0.2, -0.15) is 13.2 Å². The number of alkyl halides is 3. The maximum absolute atomic E-state index is 12.9. The Balaban J connectivity index is 2.12. The molecular weight excluding hydrogens is 387 g/mol. The van der Waals surface area contributed by atoms with Crippen LogP contribution in [0.5, 0.6) is 0 Å². The molecule has 0 bridgehead atoms. The highest BCUT2D eigenvalue weighted by molar-refractivity contribution is 5.79. The largest absolute Gasteiger partial charge is 0.416 e. The molecule has 0 aromatic heterocycles. The third kappa shape index (κ3) is 6.46. The Kier molecular flexibility index (Phi) is 8.66. The van der Waals surface area contributed by atoms with Crippen molar-refractivity contribution in [2.75, 3.05) is 39.8 Å². The maximum Gasteiger partial charge on any atom is 0.416 e. The van der Waals surface area contributed by atoms with Gasteiger partial charge in [0.1, 0.15) is 0 Å². The molecule has 3 nitrogen and oxygen atoms in total. The Bertz CT molecular complexity index is 822. The van der Waals surface area contributed by atoms with Crippen molar-refractivity contribution in [3.8, 4) is 0 Å². The second-order valence-corrected chi connectivity index (χ2v) is 7.14. The van der Waals surface area contributed by atoms with Crippen molar-refractivity contribution >= 4 is 11.8 Å². The van der Waals surface area contributed by atoms with Gasteiger partial charge in [0.25, 0.3) is 0 Å². The van der Waals surface area contributed by atoms with Crippen LogP contribution in [0.2, 0.25) is 0 Å². The molecule has 1 fully saturated rings. The highest BCUT2D eigenvalue weighted by atomic mass is 19.4. The topological polar surface area (TPSA) is 18.8 Å². The molecule has 1 saturated heterocycles. The summed E-state index contributed by atoms with van der Waals surface area (Å²) < 4.78 is 38.7. The van der Waals surface area contributed by atoms with Crippen LogP contribution in [-0.4, -0.2) is 55.8 Å². The van der Waals surface area contributed by atoms with E-state index in [9.17, 15) is 13.2 Å². The van der Waals surface area contributed by atoms with Crippen LogP contribution >= 0.6 is 0 Å². The van der Waals surface area contributed by atoms with Crippen LogP contribution < -0.4 is 0 Å². The van der Waals surface area contributed by atoms with Gasteiger partial charge in [0.2, 0.25) is 0 Å². The van der Waals surface area contributed by atoms with Crippen LogP contribution in [0.3, 0.4) is 0 Å². The number of rotatable bonds is 7. The van der Waals surface area contributed by atoms with Gasteiger partial charge >= 0.3 is 6.18 Å². The highest BCUT2D eigenvalue weighted by Gasteiger charge is 2.30. The molecule has 162 valence electrons. The quantitative estimate of drug-likeness (QED) is 0.434. The summed E-state index contributed by atoms with van der Waals surface area (Å²) in [6, 6.07) is 5.28. The lowest BCUT2D eigenvalue weighted by Crippen LogP contribution is -2.46. The van der Waals surface area contributed by atoms with E-state index in [0.717, 1.165) is 61.7 Å². The standard InChI is InChI=1S/C24H30F3N3/c1-5-7-8-23(21-9-11-22(12-10-21)24(25,26)27)19(3)30-15-13-29(14-16-30)18-20(6-2)17-28-4/h5-12,17H,3,13-16,18H2,1-2,4H3/b7-5-,20-6+,23-8+,28-17?. The summed E-state index contributed by atoms with van der Waals surface area (Å²) in [6.45, 7) is 12.4. The molecule has 0 amide bonds. The van der Waals surface area contributed by atoms with Crippen molar-refractivity contribution in [3.63, 3.8) is 0 Å². The zero-order valence-corrected chi connectivity index (χ0v) is 17.9. The Morgan fingerprint density at radius 1 is 1.10 bits per heavy atom. The molecule has 1 aromatic carbocycles. The van der Waals surface area contributed by atoms with E-state index in [4.69, 9.17) is 0 Å². The minimum atomic E-state index is -4.34. The third-order valence-electron chi connectivity index (χ3n) is 5.12. The summed E-state index contributed by atoms with van der Waals surface area (Å²) in [4.78, 5) is 8.66. The molecular formula is C24H30F3N3. The number of nitrogens with zero attached hydrogens (tertiary/aromatic N) is 3. The van der Waals surface area contributed by atoms with Crippen LogP contribution in [-0.2, 0) is 6.18 Å². The van der Waals surface area contributed by atoms with Crippen LogP contribution in [0.4, 0.5) is 13.2 Å². The first kappa shape index (κ1) is 23.7. The van der Waals surface area contributed by atoms with E-state index >= 15 is 0 Å². The molecule has 0 aliphatic carbocycles. The van der Waals surface area contributed by atoms with Gasteiger partial charge in [0.05, 0.1) is 5.56 Å². The van der Waals surface area contributed by atoms with Gasteiger partial charge in [0.15, 0.2) is 0 Å². The monoisotopic (exact) mass is 417 g/mol. The predicted molar refractivity (Wildman–Crippen MR) is 120 cm³/mol. The number of aliphatic imine (C=N–C) groups is 1. The Morgan fingerprint density at radius 3 is 2.23 bits per heavy atom. The lowest BCUT2D eigenvalue weighted by Gasteiger charge is -2.37. The number of halogens is 3. The van der Waals surface area contributed by atoms with Crippen LogP contribution in [0, 0.1) is 0 Å². The van der Waals surface area contributed by atoms with Crippen molar-refractivity contribution < 1.29 is 13.2 Å². The molecule has 1 heterocycles.